The second-order valence-corrected chi connectivity index (χ2v) is 6.27. The average molecular weight is 381 g/mol. The Labute approximate surface area is 159 Å². The summed E-state index contributed by atoms with van der Waals surface area (Å²) in [5, 5.41) is 27.6. The van der Waals surface area contributed by atoms with Crippen molar-refractivity contribution in [2.75, 3.05) is 5.32 Å². The molecule has 0 spiro atoms. The molecule has 0 aromatic heterocycles. The van der Waals surface area contributed by atoms with Crippen LogP contribution in [0, 0.1) is 17.0 Å². The highest BCUT2D eigenvalue weighted by molar-refractivity contribution is 7.80. The number of nitrogens with one attached hydrogen (secondary N) is 2. The van der Waals surface area contributed by atoms with Crippen molar-refractivity contribution >= 4 is 45.4 Å². The van der Waals surface area contributed by atoms with Crippen LogP contribution < -0.4 is 10.6 Å². The fraction of sp³-hybridized carbons (Fsp3) is 0.0526. The zero-order valence-corrected chi connectivity index (χ0v) is 15.0. The van der Waals surface area contributed by atoms with Gasteiger partial charge in [0, 0.05) is 23.4 Å². The number of hydrogen-bond donors (Lipinski definition) is 3. The van der Waals surface area contributed by atoms with Gasteiger partial charge in [-0.3, -0.25) is 20.2 Å². The van der Waals surface area contributed by atoms with Crippen molar-refractivity contribution < 1.29 is 14.8 Å². The minimum Gasteiger partial charge on any atom is -0.508 e. The Morgan fingerprint density at radius 2 is 1.93 bits per heavy atom. The number of amides is 1. The maximum atomic E-state index is 12.4. The van der Waals surface area contributed by atoms with Crippen LogP contribution in [0.15, 0.2) is 54.6 Å². The van der Waals surface area contributed by atoms with E-state index in [1.807, 2.05) is 0 Å². The van der Waals surface area contributed by atoms with Crippen molar-refractivity contribution in [2.24, 2.45) is 0 Å². The maximum absolute atomic E-state index is 12.4. The predicted octanol–water partition coefficient (Wildman–Crippen LogP) is 3.89. The summed E-state index contributed by atoms with van der Waals surface area (Å²) in [7, 11) is 0. The van der Waals surface area contributed by atoms with Crippen LogP contribution >= 0.6 is 12.2 Å². The number of rotatable bonds is 3. The van der Waals surface area contributed by atoms with E-state index in [2.05, 4.69) is 10.6 Å². The minimum absolute atomic E-state index is 0.0301. The summed E-state index contributed by atoms with van der Waals surface area (Å²) in [6.07, 6.45) is 0. The summed E-state index contributed by atoms with van der Waals surface area (Å²) in [5.74, 6) is -0.215. The molecule has 0 aliphatic rings. The Morgan fingerprint density at radius 3 is 2.67 bits per heavy atom. The van der Waals surface area contributed by atoms with E-state index in [0.717, 1.165) is 16.3 Å². The maximum Gasteiger partial charge on any atom is 0.271 e. The molecule has 0 bridgehead atoms. The molecule has 0 saturated carbocycles. The predicted molar refractivity (Wildman–Crippen MR) is 107 cm³/mol. The van der Waals surface area contributed by atoms with Crippen LogP contribution in [0.2, 0.25) is 0 Å². The molecule has 0 unspecified atom stereocenters. The van der Waals surface area contributed by atoms with E-state index in [1.54, 1.807) is 43.3 Å². The first-order chi connectivity index (χ1) is 12.8. The lowest BCUT2D eigenvalue weighted by Gasteiger charge is -2.11. The Kier molecular flexibility index (Phi) is 5.00. The number of fused-ring (bicyclic) bond motifs is 1. The number of phenolic OH excluding ortho intramolecular Hbond substituents is 1. The molecule has 8 heteroatoms. The summed E-state index contributed by atoms with van der Waals surface area (Å²) in [6.45, 7) is 1.80. The molecule has 0 heterocycles. The number of non-ortho nitro benzene ring substituents is 1. The molecule has 136 valence electrons. The average Bonchev–Trinajstić information content (AvgIpc) is 2.64. The van der Waals surface area contributed by atoms with Gasteiger partial charge in [0.1, 0.15) is 5.75 Å². The molecule has 0 radical (unpaired) electrons. The largest absolute Gasteiger partial charge is 0.508 e. The van der Waals surface area contributed by atoms with Gasteiger partial charge in [0.2, 0.25) is 0 Å². The number of nitro groups is 1. The molecule has 3 aromatic carbocycles. The second kappa shape index (κ2) is 7.38. The third-order valence-corrected chi connectivity index (χ3v) is 4.27. The monoisotopic (exact) mass is 381 g/mol. The summed E-state index contributed by atoms with van der Waals surface area (Å²) in [4.78, 5) is 22.7. The highest BCUT2D eigenvalue weighted by atomic mass is 32.1. The summed E-state index contributed by atoms with van der Waals surface area (Å²) >= 11 is 5.11. The fourth-order valence-corrected chi connectivity index (χ4v) is 2.86. The lowest BCUT2D eigenvalue weighted by molar-refractivity contribution is -0.384. The van der Waals surface area contributed by atoms with Crippen molar-refractivity contribution in [3.8, 4) is 5.75 Å². The van der Waals surface area contributed by atoms with Gasteiger partial charge in [-0.25, -0.2) is 0 Å². The molecule has 3 aromatic rings. The quantitative estimate of drug-likeness (QED) is 0.361. The van der Waals surface area contributed by atoms with Crippen LogP contribution in [0.4, 0.5) is 11.4 Å². The molecule has 0 aliphatic heterocycles. The van der Waals surface area contributed by atoms with Crippen LogP contribution in [0.25, 0.3) is 10.8 Å². The number of thiocarbonyl (C=S) groups is 1. The van der Waals surface area contributed by atoms with Gasteiger partial charge in [-0.15, -0.1) is 0 Å². The van der Waals surface area contributed by atoms with Gasteiger partial charge in [-0.2, -0.15) is 0 Å². The van der Waals surface area contributed by atoms with Crippen LogP contribution in [-0.2, 0) is 0 Å². The smallest absolute Gasteiger partial charge is 0.271 e. The highest BCUT2D eigenvalue weighted by Crippen LogP contribution is 2.26. The molecular weight excluding hydrogens is 366 g/mol. The third kappa shape index (κ3) is 4.01. The van der Waals surface area contributed by atoms with Crippen molar-refractivity contribution in [3.05, 3.63) is 75.8 Å². The normalized spacial score (nSPS) is 10.4. The van der Waals surface area contributed by atoms with Crippen molar-refractivity contribution in [3.63, 3.8) is 0 Å². The van der Waals surface area contributed by atoms with Crippen LogP contribution in [0.3, 0.4) is 0 Å². The number of aryl methyl sites for hydroxylation is 1. The van der Waals surface area contributed by atoms with Crippen molar-refractivity contribution in [1.82, 2.24) is 5.32 Å². The van der Waals surface area contributed by atoms with E-state index >= 15 is 0 Å². The number of carbonyl (C=O) groups is 1. The van der Waals surface area contributed by atoms with Gasteiger partial charge in [0.15, 0.2) is 5.11 Å². The van der Waals surface area contributed by atoms with Crippen LogP contribution in [-0.4, -0.2) is 21.0 Å². The molecule has 7 nitrogen and oxygen atoms in total. The number of carbonyl (C=O) groups excluding carboxylic acids is 1. The van der Waals surface area contributed by atoms with Gasteiger partial charge in [0.25, 0.3) is 11.6 Å². The topological polar surface area (TPSA) is 104 Å². The Balaban J connectivity index is 1.74. The zero-order chi connectivity index (χ0) is 19.6. The molecule has 3 N–H and O–H groups in total. The molecule has 3 rings (SSSR count). The summed E-state index contributed by atoms with van der Waals surface area (Å²) < 4.78 is 0. The molecule has 0 aliphatic carbocycles. The lowest BCUT2D eigenvalue weighted by Crippen LogP contribution is -2.34. The van der Waals surface area contributed by atoms with E-state index in [0.29, 0.717) is 11.3 Å². The first-order valence-electron chi connectivity index (χ1n) is 7.94. The van der Waals surface area contributed by atoms with E-state index in [4.69, 9.17) is 12.2 Å². The Morgan fingerprint density at radius 1 is 1.15 bits per heavy atom. The van der Waals surface area contributed by atoms with E-state index in [1.165, 1.54) is 18.2 Å². The number of aromatic hydroxyl groups is 1. The summed E-state index contributed by atoms with van der Waals surface area (Å²) in [5.41, 5.74) is 1.46. The second-order valence-electron chi connectivity index (χ2n) is 5.86. The highest BCUT2D eigenvalue weighted by Gasteiger charge is 2.11. The molecule has 0 saturated heterocycles. The zero-order valence-electron chi connectivity index (χ0n) is 14.2. The Bertz CT molecular complexity index is 1080. The van der Waals surface area contributed by atoms with Gasteiger partial charge in [-0.1, -0.05) is 18.2 Å². The van der Waals surface area contributed by atoms with E-state index < -0.39 is 10.8 Å². The van der Waals surface area contributed by atoms with Crippen LogP contribution in [0.5, 0.6) is 5.75 Å². The molecule has 0 fully saturated rings. The Hall–Kier alpha value is -3.52. The van der Waals surface area contributed by atoms with Gasteiger partial charge in [0.05, 0.1) is 4.92 Å². The molecular formula is C19H15N3O4S. The third-order valence-electron chi connectivity index (χ3n) is 4.06. The van der Waals surface area contributed by atoms with Gasteiger partial charge >= 0.3 is 0 Å². The SMILES string of the molecule is Cc1c(O)ccc2cc(C(=O)NC(=S)Nc3cccc([N+](=O)[O-])c3)ccc12. The van der Waals surface area contributed by atoms with E-state index in [9.17, 15) is 20.0 Å². The first-order valence-corrected chi connectivity index (χ1v) is 8.35. The molecule has 0 atom stereocenters. The first kappa shape index (κ1) is 18.3. The van der Waals surface area contributed by atoms with Crippen molar-refractivity contribution in [2.45, 2.75) is 6.92 Å². The number of nitrogens with zero attached hydrogens (tertiary/aromatic N) is 1. The number of nitro benzene ring substituents is 1. The number of phenols is 1. The lowest BCUT2D eigenvalue weighted by atomic mass is 10.0. The minimum atomic E-state index is -0.512. The number of hydrogen-bond acceptors (Lipinski definition) is 5. The number of anilines is 1. The summed E-state index contributed by atoms with van der Waals surface area (Å²) in [6, 6.07) is 14.2. The van der Waals surface area contributed by atoms with E-state index in [-0.39, 0.29) is 16.5 Å². The van der Waals surface area contributed by atoms with Crippen molar-refractivity contribution in [1.29, 1.82) is 0 Å². The fourth-order valence-electron chi connectivity index (χ4n) is 2.65. The van der Waals surface area contributed by atoms with Gasteiger partial charge < -0.3 is 10.4 Å². The molecule has 27 heavy (non-hydrogen) atoms. The van der Waals surface area contributed by atoms with Gasteiger partial charge in [-0.05, 0) is 59.7 Å². The molecule has 1 amide bonds. The number of benzene rings is 3. The standard InChI is InChI=1S/C19H15N3O4S/c1-11-16-7-5-13(9-12(16)6-8-17(11)23)18(24)21-19(27)20-14-3-2-4-15(10-14)22(25)26/h2-10,23H,1H3,(H2,20,21,24,27). The van der Waals surface area contributed by atoms with Crippen LogP contribution in [0.1, 0.15) is 15.9 Å².